The van der Waals surface area contributed by atoms with Crippen molar-refractivity contribution in [2.24, 2.45) is 41.9 Å². The van der Waals surface area contributed by atoms with Gasteiger partial charge in [-0.2, -0.15) is 10.00 Å². The number of carbonyl (C=O) groups excluding carboxylic acids is 5. The zero-order chi connectivity index (χ0) is 34.8. The van der Waals surface area contributed by atoms with E-state index in [1.165, 1.54) is 9.58 Å². The Bertz CT molecular complexity index is 2240. The number of nitrogens with zero attached hydrogens (tertiary/aromatic N) is 4. The van der Waals surface area contributed by atoms with Crippen LogP contribution in [0.15, 0.2) is 54.1 Å². The van der Waals surface area contributed by atoms with E-state index in [2.05, 4.69) is 0 Å². The highest BCUT2D eigenvalue weighted by molar-refractivity contribution is 7.22. The number of imide groups is 4. The molecule has 0 radical (unpaired) electrons. The summed E-state index contributed by atoms with van der Waals surface area (Å²) in [6, 6.07) is 11.4. The van der Waals surface area contributed by atoms with E-state index in [0.717, 1.165) is 26.1 Å². The molecule has 0 spiro atoms. The number of nitrogens with two attached hydrogens (primary N) is 1. The molecule has 1 saturated carbocycles. The second-order valence-electron chi connectivity index (χ2n) is 13.8. The topological polar surface area (TPSA) is 156 Å². The van der Waals surface area contributed by atoms with Gasteiger partial charge in [-0.05, 0) is 85.9 Å². The van der Waals surface area contributed by atoms with E-state index in [1.54, 1.807) is 56.5 Å². The van der Waals surface area contributed by atoms with Crippen LogP contribution < -0.4 is 10.6 Å². The van der Waals surface area contributed by atoms with Crippen LogP contribution in [-0.2, 0) is 26.2 Å². The molecule has 4 aliphatic rings. The number of fused-ring (bicyclic) bond motifs is 5. The number of primary amides is 1. The van der Waals surface area contributed by atoms with Gasteiger partial charge in [0.1, 0.15) is 17.3 Å². The molecule has 4 heterocycles. The number of allylic oxidation sites excluding steroid dienone is 2. The highest BCUT2D eigenvalue weighted by atomic mass is 35.5. The van der Waals surface area contributed by atoms with Crippen LogP contribution in [0.25, 0.3) is 20.7 Å². The maximum absolute atomic E-state index is 14.9. The van der Waals surface area contributed by atoms with Gasteiger partial charge >= 0.3 is 6.03 Å². The standard InChI is InChI=1S/C36H32ClN5O6S/c1-15-11-17(5-9-25(15)43)29-19-7-8-20-28(33(46)42(31(20)44)35(38)48)22(19)13-23-32(45)41(34(47)36(23,29)3)27-14-24(39-40(27)4)30-16(2)21-12-18(37)6-10-26(21)49-30/h5-7,9-12,14,20,22-23,28-29,43H,8,13H2,1-4H3,(H2,38,48)/t20-,22+,23-,28-,29-,36+/m0/s1. The Balaban J connectivity index is 1.26. The second kappa shape index (κ2) is 10.6. The molecule has 0 bridgehead atoms. The monoisotopic (exact) mass is 697 g/mol. The summed E-state index contributed by atoms with van der Waals surface area (Å²) in [5.74, 6) is -5.54. The second-order valence-corrected chi connectivity index (χ2v) is 15.3. The third kappa shape index (κ3) is 4.19. The van der Waals surface area contributed by atoms with Crippen molar-refractivity contribution in [1.29, 1.82) is 0 Å². The molecule has 4 aromatic rings. The first-order valence-corrected chi connectivity index (χ1v) is 17.2. The molecule has 11 nitrogen and oxygen atoms in total. The van der Waals surface area contributed by atoms with Crippen LogP contribution in [0.2, 0.25) is 5.02 Å². The average Bonchev–Trinajstić information content (AvgIpc) is 3.72. The molecule has 3 N–H and O–H groups in total. The normalized spacial score (nSPS) is 27.9. The Morgan fingerprint density at radius 3 is 2.51 bits per heavy atom. The molecule has 2 aliphatic heterocycles. The third-order valence-electron chi connectivity index (χ3n) is 11.3. The molecule has 3 fully saturated rings. The van der Waals surface area contributed by atoms with Crippen molar-refractivity contribution in [2.45, 2.75) is 39.5 Å². The minimum Gasteiger partial charge on any atom is -0.508 e. The Kier molecular flexibility index (Phi) is 6.80. The number of aromatic hydroxyl groups is 1. The van der Waals surface area contributed by atoms with E-state index in [1.807, 2.05) is 31.2 Å². The maximum Gasteiger partial charge on any atom is 0.328 e. The summed E-state index contributed by atoms with van der Waals surface area (Å²) in [5, 5.41) is 16.8. The summed E-state index contributed by atoms with van der Waals surface area (Å²) < 4.78 is 2.57. The Labute approximate surface area is 289 Å². The molecule has 250 valence electrons. The van der Waals surface area contributed by atoms with Gasteiger partial charge in [0, 0.05) is 28.8 Å². The van der Waals surface area contributed by atoms with Gasteiger partial charge in [0.15, 0.2) is 0 Å². The van der Waals surface area contributed by atoms with Gasteiger partial charge in [0.2, 0.25) is 23.6 Å². The van der Waals surface area contributed by atoms with Crippen LogP contribution in [0.4, 0.5) is 10.6 Å². The Morgan fingerprint density at radius 1 is 1.04 bits per heavy atom. The van der Waals surface area contributed by atoms with Crippen molar-refractivity contribution in [3.8, 4) is 16.3 Å². The van der Waals surface area contributed by atoms with Crippen LogP contribution in [0.1, 0.15) is 42.4 Å². The van der Waals surface area contributed by atoms with E-state index < -0.39 is 64.7 Å². The quantitative estimate of drug-likeness (QED) is 0.209. The number of hydrogen-bond acceptors (Lipinski definition) is 8. The van der Waals surface area contributed by atoms with Gasteiger partial charge in [0.05, 0.1) is 28.0 Å². The lowest BCUT2D eigenvalue weighted by atomic mass is 9.51. The first-order valence-electron chi connectivity index (χ1n) is 16.0. The molecule has 2 saturated heterocycles. The number of phenolic OH excluding ortho intramolecular Hbond substituents is 1. The van der Waals surface area contributed by atoms with Crippen LogP contribution in [0, 0.1) is 42.9 Å². The van der Waals surface area contributed by atoms with Crippen molar-refractivity contribution < 1.29 is 29.1 Å². The highest BCUT2D eigenvalue weighted by Gasteiger charge is 2.68. The molecule has 6 atom stereocenters. The smallest absolute Gasteiger partial charge is 0.328 e. The fourth-order valence-electron chi connectivity index (χ4n) is 8.90. The average molecular weight is 698 g/mol. The summed E-state index contributed by atoms with van der Waals surface area (Å²) in [6.45, 7) is 5.54. The summed E-state index contributed by atoms with van der Waals surface area (Å²) in [7, 11) is 1.69. The first-order chi connectivity index (χ1) is 23.2. The van der Waals surface area contributed by atoms with E-state index in [0.29, 0.717) is 32.6 Å². The molecular weight excluding hydrogens is 666 g/mol. The number of hydrogen-bond donors (Lipinski definition) is 2. The van der Waals surface area contributed by atoms with Gasteiger partial charge in [-0.3, -0.25) is 23.9 Å². The molecule has 13 heteroatoms. The molecule has 49 heavy (non-hydrogen) atoms. The number of halogens is 1. The van der Waals surface area contributed by atoms with E-state index in [-0.39, 0.29) is 18.6 Å². The van der Waals surface area contributed by atoms with Gasteiger partial charge in [0.25, 0.3) is 0 Å². The first kappa shape index (κ1) is 31.5. The largest absolute Gasteiger partial charge is 0.508 e. The van der Waals surface area contributed by atoms with Gasteiger partial charge < -0.3 is 10.8 Å². The zero-order valence-electron chi connectivity index (χ0n) is 27.1. The summed E-state index contributed by atoms with van der Waals surface area (Å²) in [5.41, 5.74) is 7.84. The lowest BCUT2D eigenvalue weighted by molar-refractivity contribution is -0.136. The van der Waals surface area contributed by atoms with E-state index >= 15 is 0 Å². The number of likely N-dealkylation sites (tertiary alicyclic amines) is 1. The van der Waals surface area contributed by atoms with Crippen molar-refractivity contribution in [1.82, 2.24) is 14.7 Å². The number of anilines is 1. The van der Waals surface area contributed by atoms with Crippen molar-refractivity contribution >= 4 is 68.5 Å². The lowest BCUT2D eigenvalue weighted by Gasteiger charge is -2.49. The molecule has 8 rings (SSSR count). The van der Waals surface area contributed by atoms with Crippen LogP contribution in [0.3, 0.4) is 0 Å². The summed E-state index contributed by atoms with van der Waals surface area (Å²) in [4.78, 5) is 71.2. The molecule has 2 aromatic carbocycles. The van der Waals surface area contributed by atoms with Gasteiger partial charge in [-0.25, -0.2) is 9.69 Å². The lowest BCUT2D eigenvalue weighted by Crippen LogP contribution is -2.49. The van der Waals surface area contributed by atoms with E-state index in [4.69, 9.17) is 22.4 Å². The Hall–Kier alpha value is -4.81. The minimum absolute atomic E-state index is 0.0841. The number of phenols is 1. The number of aryl methyl sites for hydroxylation is 3. The SMILES string of the molecule is Cc1cc([C@H]2C3=CC[C@@H]4C(=O)N(C(N)=O)C(=O)[C@@H]4[C@@H]3C[C@H]3C(=O)N(c4cc(-c5sc6ccc(Cl)cc6c5C)nn4C)C(=O)[C@@]23C)ccc1O. The fourth-order valence-corrected chi connectivity index (χ4v) is 10.2. The molecule has 2 aliphatic carbocycles. The maximum atomic E-state index is 14.9. The summed E-state index contributed by atoms with van der Waals surface area (Å²) in [6.07, 6.45) is 2.22. The van der Waals surface area contributed by atoms with Crippen molar-refractivity contribution in [3.63, 3.8) is 0 Å². The minimum atomic E-state index is -1.28. The number of rotatable bonds is 3. The number of carbonyl (C=O) groups is 5. The number of thiophene rings is 1. The van der Waals surface area contributed by atoms with Crippen molar-refractivity contribution in [2.75, 3.05) is 4.90 Å². The number of amides is 6. The third-order valence-corrected chi connectivity index (χ3v) is 12.8. The predicted octanol–water partition coefficient (Wildman–Crippen LogP) is 5.59. The van der Waals surface area contributed by atoms with Crippen LogP contribution >= 0.6 is 22.9 Å². The van der Waals surface area contributed by atoms with E-state index in [9.17, 15) is 29.1 Å². The van der Waals surface area contributed by atoms with Gasteiger partial charge in [-0.1, -0.05) is 35.4 Å². The van der Waals surface area contributed by atoms with Crippen LogP contribution in [0.5, 0.6) is 5.75 Å². The Morgan fingerprint density at radius 2 is 1.80 bits per heavy atom. The molecular formula is C36H32ClN5O6S. The van der Waals surface area contributed by atoms with Crippen LogP contribution in [-0.4, -0.2) is 49.4 Å². The zero-order valence-corrected chi connectivity index (χ0v) is 28.6. The highest BCUT2D eigenvalue weighted by Crippen LogP contribution is 2.63. The van der Waals surface area contributed by atoms with Crippen molar-refractivity contribution in [3.05, 3.63) is 75.8 Å². The fraction of sp³-hybridized carbons (Fsp3) is 0.333. The predicted molar refractivity (Wildman–Crippen MR) is 183 cm³/mol. The van der Waals surface area contributed by atoms with Gasteiger partial charge in [-0.15, -0.1) is 11.3 Å². The summed E-state index contributed by atoms with van der Waals surface area (Å²) >= 11 is 7.83. The molecule has 0 unspecified atom stereocenters. The molecule has 6 amide bonds. The number of urea groups is 1. The number of aromatic nitrogens is 2. The number of benzene rings is 2. The molecule has 2 aromatic heterocycles.